The molecule has 0 aliphatic carbocycles. The Morgan fingerprint density at radius 2 is 1.62 bits per heavy atom. The van der Waals surface area contributed by atoms with Crippen LogP contribution in [0.15, 0.2) is 0 Å². The minimum Gasteiger partial charge on any atom is -0.393 e. The predicted octanol–water partition coefficient (Wildman–Crippen LogP) is 2.34. The van der Waals surface area contributed by atoms with Crippen molar-refractivity contribution in [1.29, 1.82) is 0 Å². The Kier molecular flexibility index (Phi) is 4.92. The summed E-state index contributed by atoms with van der Waals surface area (Å²) in [4.78, 5) is 14.6. The van der Waals surface area contributed by atoms with Crippen LogP contribution >= 0.6 is 12.2 Å². The monoisotopic (exact) mass is 244 g/mol. The molecule has 0 aromatic rings. The third kappa shape index (κ3) is 4.92. The molecule has 0 spiro atoms. The molecule has 0 aromatic carbocycles. The average Bonchev–Trinajstić information content (AvgIpc) is 1.99. The van der Waals surface area contributed by atoms with Crippen LogP contribution in [-0.2, 0) is 4.79 Å². The van der Waals surface area contributed by atoms with Crippen molar-refractivity contribution in [2.24, 2.45) is 11.1 Å². The molecule has 0 rings (SSSR count). The molecule has 0 aliphatic heterocycles. The Morgan fingerprint density at radius 3 is 1.88 bits per heavy atom. The van der Waals surface area contributed by atoms with Crippen molar-refractivity contribution < 1.29 is 4.79 Å². The number of carbonyl (C=O) groups is 1. The fraction of sp³-hybridized carbons (Fsp3) is 0.833. The van der Waals surface area contributed by atoms with Gasteiger partial charge < -0.3 is 10.6 Å². The highest BCUT2D eigenvalue weighted by Gasteiger charge is 2.33. The number of hydrogen-bond donors (Lipinski definition) is 1. The molecule has 4 heteroatoms. The Morgan fingerprint density at radius 1 is 1.19 bits per heavy atom. The van der Waals surface area contributed by atoms with E-state index in [1.165, 1.54) is 0 Å². The standard InChI is InChI=1S/C12H24N2OS/c1-11(2,3)10(15)14(12(4,5)6)8-7-9(13)16/h7-8H2,1-6H3,(H2,13,16). The van der Waals surface area contributed by atoms with Gasteiger partial charge in [0, 0.05) is 23.9 Å². The van der Waals surface area contributed by atoms with E-state index in [1.54, 1.807) is 0 Å². The molecule has 0 saturated carbocycles. The van der Waals surface area contributed by atoms with Crippen molar-refractivity contribution in [2.75, 3.05) is 6.54 Å². The Bertz CT molecular complexity index is 274. The van der Waals surface area contributed by atoms with Crippen molar-refractivity contribution in [1.82, 2.24) is 4.90 Å². The molecule has 1 amide bonds. The van der Waals surface area contributed by atoms with Crippen molar-refractivity contribution in [3.63, 3.8) is 0 Å². The second-order valence-corrected chi connectivity index (χ2v) is 6.62. The second kappa shape index (κ2) is 5.13. The highest BCUT2D eigenvalue weighted by Crippen LogP contribution is 2.24. The van der Waals surface area contributed by atoms with E-state index in [0.29, 0.717) is 18.0 Å². The molecule has 16 heavy (non-hydrogen) atoms. The number of amides is 1. The first-order valence-electron chi connectivity index (χ1n) is 5.56. The van der Waals surface area contributed by atoms with E-state index in [9.17, 15) is 4.79 Å². The lowest BCUT2D eigenvalue weighted by Gasteiger charge is -2.39. The van der Waals surface area contributed by atoms with E-state index in [2.05, 4.69) is 0 Å². The molecule has 0 saturated heterocycles. The molecule has 2 N–H and O–H groups in total. The zero-order chi connectivity index (χ0) is 13.1. The van der Waals surface area contributed by atoms with Crippen LogP contribution in [0, 0.1) is 5.41 Å². The maximum Gasteiger partial charge on any atom is 0.228 e. The number of hydrogen-bond acceptors (Lipinski definition) is 2. The lowest BCUT2D eigenvalue weighted by molar-refractivity contribution is -0.144. The van der Waals surface area contributed by atoms with Crippen molar-refractivity contribution in [3.8, 4) is 0 Å². The molecule has 94 valence electrons. The van der Waals surface area contributed by atoms with Gasteiger partial charge in [-0.3, -0.25) is 4.79 Å². The molecule has 0 bridgehead atoms. The summed E-state index contributed by atoms with van der Waals surface area (Å²) >= 11 is 4.86. The van der Waals surface area contributed by atoms with E-state index in [1.807, 2.05) is 46.4 Å². The van der Waals surface area contributed by atoms with Gasteiger partial charge in [0.25, 0.3) is 0 Å². The first-order chi connectivity index (χ1) is 6.96. The average molecular weight is 244 g/mol. The van der Waals surface area contributed by atoms with Crippen LogP contribution in [0.25, 0.3) is 0 Å². The summed E-state index contributed by atoms with van der Waals surface area (Å²) < 4.78 is 0. The summed E-state index contributed by atoms with van der Waals surface area (Å²) in [5.74, 6) is 0.135. The van der Waals surface area contributed by atoms with Crippen LogP contribution in [0.1, 0.15) is 48.0 Å². The highest BCUT2D eigenvalue weighted by molar-refractivity contribution is 7.80. The van der Waals surface area contributed by atoms with Gasteiger partial charge in [-0.2, -0.15) is 0 Å². The van der Waals surface area contributed by atoms with E-state index in [-0.39, 0.29) is 16.9 Å². The van der Waals surface area contributed by atoms with Gasteiger partial charge in [-0.05, 0) is 20.8 Å². The van der Waals surface area contributed by atoms with E-state index in [0.717, 1.165) is 0 Å². The molecule has 0 fully saturated rings. The normalized spacial score (nSPS) is 12.4. The van der Waals surface area contributed by atoms with Gasteiger partial charge in [0.05, 0.1) is 4.99 Å². The zero-order valence-electron chi connectivity index (χ0n) is 11.3. The Balaban J connectivity index is 4.83. The fourth-order valence-electron chi connectivity index (χ4n) is 1.37. The van der Waals surface area contributed by atoms with Crippen LogP contribution in [0.4, 0.5) is 0 Å². The SMILES string of the molecule is CC(C)(C)C(=O)N(CCC(N)=S)C(C)(C)C. The highest BCUT2D eigenvalue weighted by atomic mass is 32.1. The van der Waals surface area contributed by atoms with Crippen molar-refractivity contribution in [3.05, 3.63) is 0 Å². The van der Waals surface area contributed by atoms with E-state index in [4.69, 9.17) is 18.0 Å². The van der Waals surface area contributed by atoms with Crippen LogP contribution in [0.2, 0.25) is 0 Å². The minimum atomic E-state index is -0.372. The number of rotatable bonds is 3. The van der Waals surface area contributed by atoms with Crippen molar-refractivity contribution >= 4 is 23.1 Å². The summed E-state index contributed by atoms with van der Waals surface area (Å²) in [6.45, 7) is 12.4. The molecule has 0 radical (unpaired) electrons. The predicted molar refractivity (Wildman–Crippen MR) is 72.3 cm³/mol. The van der Waals surface area contributed by atoms with Gasteiger partial charge in [0.1, 0.15) is 0 Å². The maximum absolute atomic E-state index is 12.3. The Hall–Kier alpha value is -0.640. The van der Waals surface area contributed by atoms with Gasteiger partial charge in [-0.25, -0.2) is 0 Å². The first kappa shape index (κ1) is 15.4. The van der Waals surface area contributed by atoms with Crippen LogP contribution in [0.5, 0.6) is 0 Å². The van der Waals surface area contributed by atoms with Crippen LogP contribution in [0.3, 0.4) is 0 Å². The third-order valence-electron chi connectivity index (χ3n) is 2.28. The van der Waals surface area contributed by atoms with Crippen LogP contribution < -0.4 is 5.73 Å². The number of nitrogens with two attached hydrogens (primary N) is 1. The van der Waals surface area contributed by atoms with Gasteiger partial charge in [-0.1, -0.05) is 33.0 Å². The molecular formula is C12H24N2OS. The number of nitrogens with zero attached hydrogens (tertiary/aromatic N) is 1. The van der Waals surface area contributed by atoms with Gasteiger partial charge in [-0.15, -0.1) is 0 Å². The summed E-state index contributed by atoms with van der Waals surface area (Å²) in [7, 11) is 0. The van der Waals surface area contributed by atoms with Crippen molar-refractivity contribution in [2.45, 2.75) is 53.5 Å². The van der Waals surface area contributed by atoms with Crippen LogP contribution in [-0.4, -0.2) is 27.9 Å². The van der Waals surface area contributed by atoms with Gasteiger partial charge >= 0.3 is 0 Å². The maximum atomic E-state index is 12.3. The largest absolute Gasteiger partial charge is 0.393 e. The topological polar surface area (TPSA) is 46.3 Å². The second-order valence-electron chi connectivity index (χ2n) is 6.09. The third-order valence-corrected chi connectivity index (χ3v) is 2.48. The lowest BCUT2D eigenvalue weighted by Crippen LogP contribution is -2.51. The molecule has 0 aliphatic rings. The fourth-order valence-corrected chi connectivity index (χ4v) is 1.46. The molecule has 0 atom stereocenters. The molecule has 3 nitrogen and oxygen atoms in total. The summed E-state index contributed by atoms with van der Waals surface area (Å²) in [5, 5.41) is 0. The van der Waals surface area contributed by atoms with Gasteiger partial charge in [0.15, 0.2) is 0 Å². The quantitative estimate of drug-likeness (QED) is 0.775. The van der Waals surface area contributed by atoms with Gasteiger partial charge in [0.2, 0.25) is 5.91 Å². The molecule has 0 unspecified atom stereocenters. The van der Waals surface area contributed by atoms with E-state index >= 15 is 0 Å². The number of carbonyl (C=O) groups excluding carboxylic acids is 1. The zero-order valence-corrected chi connectivity index (χ0v) is 12.1. The minimum absolute atomic E-state index is 0.135. The lowest BCUT2D eigenvalue weighted by atomic mass is 9.91. The Labute approximate surface area is 104 Å². The summed E-state index contributed by atoms with van der Waals surface area (Å²) in [6.07, 6.45) is 0.578. The van der Waals surface area contributed by atoms with E-state index < -0.39 is 0 Å². The molecule has 0 aromatic heterocycles. The summed E-state index contributed by atoms with van der Waals surface area (Å²) in [5.41, 5.74) is 4.92. The first-order valence-corrected chi connectivity index (χ1v) is 5.97. The molecule has 0 heterocycles. The molecular weight excluding hydrogens is 220 g/mol. The summed E-state index contributed by atoms with van der Waals surface area (Å²) in [6, 6.07) is 0. The smallest absolute Gasteiger partial charge is 0.228 e. The number of thiocarbonyl (C=S) groups is 1.